The monoisotopic (exact) mass is 177 g/mol. The lowest BCUT2D eigenvalue weighted by atomic mass is 10.3. The summed E-state index contributed by atoms with van der Waals surface area (Å²) in [7, 11) is 0. The fourth-order valence-corrected chi connectivity index (χ4v) is 1.40. The molecule has 0 bridgehead atoms. The Morgan fingerprint density at radius 1 is 1.31 bits per heavy atom. The van der Waals surface area contributed by atoms with E-state index in [9.17, 15) is 4.79 Å². The van der Waals surface area contributed by atoms with E-state index in [2.05, 4.69) is 10.9 Å². The molecule has 0 aliphatic carbocycles. The summed E-state index contributed by atoms with van der Waals surface area (Å²) in [5.41, 5.74) is 6.30. The molecular weight excluding hydrogens is 166 g/mol. The van der Waals surface area contributed by atoms with Crippen LogP contribution in [0.5, 0.6) is 0 Å². The number of amides is 2. The van der Waals surface area contributed by atoms with Gasteiger partial charge in [-0.15, -0.1) is 0 Å². The number of anilines is 1. The Balaban J connectivity index is 2.30. The molecule has 0 spiro atoms. The van der Waals surface area contributed by atoms with E-state index in [0.29, 0.717) is 0 Å². The number of hydrogen-bond donors (Lipinski definition) is 2. The molecule has 1 saturated heterocycles. The zero-order valence-electron chi connectivity index (χ0n) is 7.32. The number of carbonyl (C=O) groups excluding carboxylic acids is 1. The zero-order valence-corrected chi connectivity index (χ0v) is 7.32. The van der Waals surface area contributed by atoms with Gasteiger partial charge in [-0.05, 0) is 19.1 Å². The molecule has 0 aromatic heterocycles. The van der Waals surface area contributed by atoms with Gasteiger partial charge in [-0.1, -0.05) is 18.2 Å². The van der Waals surface area contributed by atoms with Crippen LogP contribution in [0, 0.1) is 0 Å². The van der Waals surface area contributed by atoms with Crippen LogP contribution in [0.25, 0.3) is 0 Å². The summed E-state index contributed by atoms with van der Waals surface area (Å²) in [6.45, 7) is 1.92. The van der Waals surface area contributed by atoms with Crippen molar-refractivity contribution in [1.82, 2.24) is 10.9 Å². The number of nitrogens with one attached hydrogen (secondary N) is 2. The molecular formula is C9H11N3O. The number of para-hydroxylation sites is 1. The SMILES string of the molecule is CC1NNC(=O)N1c1ccccc1. The molecule has 1 heterocycles. The molecule has 1 aromatic carbocycles. The van der Waals surface area contributed by atoms with Crippen molar-refractivity contribution in [3.63, 3.8) is 0 Å². The second-order valence-corrected chi connectivity index (χ2v) is 2.96. The Kier molecular flexibility index (Phi) is 1.90. The summed E-state index contributed by atoms with van der Waals surface area (Å²) in [4.78, 5) is 13.0. The molecule has 1 aromatic rings. The van der Waals surface area contributed by atoms with Gasteiger partial charge < -0.3 is 0 Å². The number of rotatable bonds is 1. The minimum atomic E-state index is -0.112. The van der Waals surface area contributed by atoms with E-state index in [1.807, 2.05) is 37.3 Å². The third-order valence-electron chi connectivity index (χ3n) is 2.03. The Labute approximate surface area is 76.5 Å². The topological polar surface area (TPSA) is 44.4 Å². The van der Waals surface area contributed by atoms with Crippen molar-refractivity contribution in [2.45, 2.75) is 13.1 Å². The molecule has 2 rings (SSSR count). The number of nitrogens with zero attached hydrogens (tertiary/aromatic N) is 1. The molecule has 0 radical (unpaired) electrons. The second-order valence-electron chi connectivity index (χ2n) is 2.96. The van der Waals surface area contributed by atoms with Crippen molar-refractivity contribution >= 4 is 11.7 Å². The number of benzene rings is 1. The first-order valence-corrected chi connectivity index (χ1v) is 4.19. The molecule has 4 heteroatoms. The normalized spacial score (nSPS) is 21.8. The van der Waals surface area contributed by atoms with Gasteiger partial charge >= 0.3 is 6.03 Å². The molecule has 1 aliphatic heterocycles. The highest BCUT2D eigenvalue weighted by molar-refractivity contribution is 5.93. The molecule has 1 fully saturated rings. The third-order valence-corrected chi connectivity index (χ3v) is 2.03. The fraction of sp³-hybridized carbons (Fsp3) is 0.222. The van der Waals surface area contributed by atoms with Crippen LogP contribution in [-0.2, 0) is 0 Å². The van der Waals surface area contributed by atoms with Crippen molar-refractivity contribution in [3.05, 3.63) is 30.3 Å². The Hall–Kier alpha value is -1.55. The van der Waals surface area contributed by atoms with E-state index in [0.717, 1.165) is 5.69 Å². The third kappa shape index (κ3) is 1.36. The summed E-state index contributed by atoms with van der Waals surface area (Å²) in [6, 6.07) is 9.45. The Morgan fingerprint density at radius 2 is 2.00 bits per heavy atom. The standard InChI is InChI=1S/C9H11N3O/c1-7-10-11-9(13)12(7)8-5-3-2-4-6-8/h2-7,10H,1H3,(H,11,13). The summed E-state index contributed by atoms with van der Waals surface area (Å²) >= 11 is 0. The Morgan fingerprint density at radius 3 is 2.54 bits per heavy atom. The van der Waals surface area contributed by atoms with Crippen LogP contribution in [-0.4, -0.2) is 12.2 Å². The number of urea groups is 1. The fourth-order valence-electron chi connectivity index (χ4n) is 1.40. The summed E-state index contributed by atoms with van der Waals surface area (Å²) in [5, 5.41) is 0. The lowest BCUT2D eigenvalue weighted by Crippen LogP contribution is -2.34. The maximum atomic E-state index is 11.3. The van der Waals surface area contributed by atoms with Crippen LogP contribution in [0.4, 0.5) is 10.5 Å². The highest BCUT2D eigenvalue weighted by Gasteiger charge is 2.27. The van der Waals surface area contributed by atoms with Crippen molar-refractivity contribution in [2.75, 3.05) is 4.90 Å². The van der Waals surface area contributed by atoms with Gasteiger partial charge in [0.2, 0.25) is 0 Å². The number of carbonyl (C=O) groups is 1. The van der Waals surface area contributed by atoms with Gasteiger partial charge in [0, 0.05) is 5.69 Å². The van der Waals surface area contributed by atoms with Gasteiger partial charge in [0.1, 0.15) is 6.17 Å². The predicted octanol–water partition coefficient (Wildman–Crippen LogP) is 1.07. The lowest BCUT2D eigenvalue weighted by molar-refractivity contribution is 0.250. The molecule has 2 N–H and O–H groups in total. The average molecular weight is 177 g/mol. The van der Waals surface area contributed by atoms with Gasteiger partial charge in [0.05, 0.1) is 0 Å². The van der Waals surface area contributed by atoms with Crippen molar-refractivity contribution in [2.24, 2.45) is 0 Å². The number of hydrogen-bond acceptors (Lipinski definition) is 2. The molecule has 1 atom stereocenters. The summed E-state index contributed by atoms with van der Waals surface area (Å²) in [5.74, 6) is 0. The van der Waals surface area contributed by atoms with E-state index >= 15 is 0 Å². The first-order valence-electron chi connectivity index (χ1n) is 4.19. The van der Waals surface area contributed by atoms with Gasteiger partial charge in [-0.25, -0.2) is 10.2 Å². The van der Waals surface area contributed by atoms with Crippen molar-refractivity contribution in [1.29, 1.82) is 0 Å². The smallest absolute Gasteiger partial charge is 0.276 e. The van der Waals surface area contributed by atoms with Crippen LogP contribution in [0.1, 0.15) is 6.92 Å². The van der Waals surface area contributed by atoms with Crippen LogP contribution >= 0.6 is 0 Å². The molecule has 4 nitrogen and oxygen atoms in total. The van der Waals surface area contributed by atoms with Gasteiger partial charge in [-0.3, -0.25) is 10.3 Å². The molecule has 2 amide bonds. The van der Waals surface area contributed by atoms with Gasteiger partial charge in [-0.2, -0.15) is 0 Å². The summed E-state index contributed by atoms with van der Waals surface area (Å²) in [6.07, 6.45) is -0.00472. The van der Waals surface area contributed by atoms with Crippen LogP contribution in [0.2, 0.25) is 0 Å². The lowest BCUT2D eigenvalue weighted by Gasteiger charge is -2.18. The minimum absolute atomic E-state index is 0.00472. The van der Waals surface area contributed by atoms with E-state index < -0.39 is 0 Å². The molecule has 68 valence electrons. The highest BCUT2D eigenvalue weighted by atomic mass is 16.2. The van der Waals surface area contributed by atoms with Gasteiger partial charge in [0.25, 0.3) is 0 Å². The first kappa shape index (κ1) is 8.07. The maximum Gasteiger partial charge on any atom is 0.337 e. The predicted molar refractivity (Wildman–Crippen MR) is 50.1 cm³/mol. The van der Waals surface area contributed by atoms with Crippen LogP contribution in [0.15, 0.2) is 30.3 Å². The van der Waals surface area contributed by atoms with Crippen LogP contribution < -0.4 is 15.8 Å². The largest absolute Gasteiger partial charge is 0.337 e. The molecule has 1 unspecified atom stereocenters. The van der Waals surface area contributed by atoms with Crippen LogP contribution in [0.3, 0.4) is 0 Å². The van der Waals surface area contributed by atoms with E-state index in [-0.39, 0.29) is 12.2 Å². The van der Waals surface area contributed by atoms with E-state index in [1.54, 1.807) is 4.90 Å². The van der Waals surface area contributed by atoms with Crippen molar-refractivity contribution in [3.8, 4) is 0 Å². The first-order chi connectivity index (χ1) is 6.29. The summed E-state index contributed by atoms with van der Waals surface area (Å²) < 4.78 is 0. The highest BCUT2D eigenvalue weighted by Crippen LogP contribution is 2.17. The second kappa shape index (κ2) is 3.06. The average Bonchev–Trinajstić information content (AvgIpc) is 2.48. The van der Waals surface area contributed by atoms with Crippen molar-refractivity contribution < 1.29 is 4.79 Å². The molecule has 1 aliphatic rings. The zero-order chi connectivity index (χ0) is 9.26. The van der Waals surface area contributed by atoms with E-state index in [1.165, 1.54) is 0 Å². The Bertz CT molecular complexity index is 312. The molecule has 0 saturated carbocycles. The maximum absolute atomic E-state index is 11.3. The minimum Gasteiger partial charge on any atom is -0.276 e. The number of hydrazine groups is 1. The molecule has 13 heavy (non-hydrogen) atoms. The quantitative estimate of drug-likeness (QED) is 0.673. The van der Waals surface area contributed by atoms with Gasteiger partial charge in [0.15, 0.2) is 0 Å². The van der Waals surface area contributed by atoms with E-state index in [4.69, 9.17) is 0 Å².